The summed E-state index contributed by atoms with van der Waals surface area (Å²) in [6.45, 7) is 3.05. The Labute approximate surface area is 213 Å². The summed E-state index contributed by atoms with van der Waals surface area (Å²) in [4.78, 5) is 23.4. The monoisotopic (exact) mass is 527 g/mol. The molecule has 6 rings (SSSR count). The van der Waals surface area contributed by atoms with Gasteiger partial charge in [0.25, 0.3) is 0 Å². The number of rotatable bonds is 4. The van der Waals surface area contributed by atoms with Crippen LogP contribution in [0.2, 0.25) is 0 Å². The lowest BCUT2D eigenvalue weighted by Crippen LogP contribution is -2.44. The number of halogens is 1. The van der Waals surface area contributed by atoms with Gasteiger partial charge in [-0.25, -0.2) is 9.78 Å². The summed E-state index contributed by atoms with van der Waals surface area (Å²) in [7, 11) is 0. The van der Waals surface area contributed by atoms with E-state index in [0.29, 0.717) is 13.2 Å². The van der Waals surface area contributed by atoms with Crippen LogP contribution in [0.5, 0.6) is 0 Å². The molecule has 35 heavy (non-hydrogen) atoms. The number of fused-ring (bicyclic) bond motifs is 3. The highest BCUT2D eigenvalue weighted by molar-refractivity contribution is 9.10. The molecule has 0 spiro atoms. The fourth-order valence-electron chi connectivity index (χ4n) is 5.55. The van der Waals surface area contributed by atoms with Gasteiger partial charge in [-0.2, -0.15) is 0 Å². The van der Waals surface area contributed by atoms with E-state index in [4.69, 9.17) is 4.74 Å². The molecule has 5 nitrogen and oxygen atoms in total. The van der Waals surface area contributed by atoms with Gasteiger partial charge in [0, 0.05) is 16.9 Å². The van der Waals surface area contributed by atoms with E-state index < -0.39 is 5.54 Å². The van der Waals surface area contributed by atoms with Crippen molar-refractivity contribution < 1.29 is 9.53 Å². The number of benzene rings is 3. The van der Waals surface area contributed by atoms with Crippen LogP contribution in [-0.4, -0.2) is 34.1 Å². The Balaban J connectivity index is 1.21. The van der Waals surface area contributed by atoms with Crippen LogP contribution in [-0.2, 0) is 10.3 Å². The van der Waals surface area contributed by atoms with E-state index in [1.807, 2.05) is 35.4 Å². The highest BCUT2D eigenvalue weighted by Gasteiger charge is 2.44. The third-order valence-electron chi connectivity index (χ3n) is 7.44. The Morgan fingerprint density at radius 2 is 1.71 bits per heavy atom. The van der Waals surface area contributed by atoms with E-state index in [1.165, 1.54) is 22.3 Å². The second-order valence-corrected chi connectivity index (χ2v) is 10.4. The summed E-state index contributed by atoms with van der Waals surface area (Å²) < 4.78 is 7.02. The van der Waals surface area contributed by atoms with Crippen LogP contribution in [0.25, 0.3) is 22.4 Å². The lowest BCUT2D eigenvalue weighted by molar-refractivity contribution is 0.0700. The van der Waals surface area contributed by atoms with Gasteiger partial charge in [-0.3, -0.25) is 4.90 Å². The summed E-state index contributed by atoms with van der Waals surface area (Å²) in [5, 5.41) is 0. The van der Waals surface area contributed by atoms with Crippen molar-refractivity contribution in [2.45, 2.75) is 31.2 Å². The first-order valence-corrected chi connectivity index (χ1v) is 12.8. The van der Waals surface area contributed by atoms with Crippen molar-refractivity contribution in [1.29, 1.82) is 0 Å². The summed E-state index contributed by atoms with van der Waals surface area (Å²) in [5.41, 5.74) is 6.36. The number of imidazole rings is 1. The molecular formula is C29H26BrN3O2. The van der Waals surface area contributed by atoms with Crippen molar-refractivity contribution in [1.82, 2.24) is 14.9 Å². The SMILES string of the molecule is CC1(c2ncc(-c3ccc(Br)cc3)[nH]2)CCCN1C(=O)OCC1c2ccccc2-c2ccccc21. The molecule has 1 amide bonds. The summed E-state index contributed by atoms with van der Waals surface area (Å²) in [6.07, 6.45) is 3.31. The first-order chi connectivity index (χ1) is 17.0. The van der Waals surface area contributed by atoms with Gasteiger partial charge in [0.15, 0.2) is 0 Å². The summed E-state index contributed by atoms with van der Waals surface area (Å²) in [6, 6.07) is 24.9. The number of hydrogen-bond donors (Lipinski definition) is 1. The van der Waals surface area contributed by atoms with Crippen molar-refractivity contribution in [3.8, 4) is 22.4 Å². The molecule has 0 radical (unpaired) electrons. The molecule has 1 aliphatic carbocycles. The summed E-state index contributed by atoms with van der Waals surface area (Å²) >= 11 is 3.48. The topological polar surface area (TPSA) is 58.2 Å². The van der Waals surface area contributed by atoms with Gasteiger partial charge < -0.3 is 9.72 Å². The molecule has 0 bridgehead atoms. The first kappa shape index (κ1) is 22.1. The fourth-order valence-corrected chi connectivity index (χ4v) is 5.81. The maximum atomic E-state index is 13.4. The minimum absolute atomic E-state index is 0.0489. The van der Waals surface area contributed by atoms with Gasteiger partial charge in [-0.15, -0.1) is 0 Å². The molecule has 1 fully saturated rings. The number of nitrogens with one attached hydrogen (secondary N) is 1. The minimum atomic E-state index is -0.532. The number of likely N-dealkylation sites (tertiary alicyclic amines) is 1. The zero-order valence-electron chi connectivity index (χ0n) is 19.5. The van der Waals surface area contributed by atoms with Crippen LogP contribution >= 0.6 is 15.9 Å². The van der Waals surface area contributed by atoms with Gasteiger partial charge >= 0.3 is 6.09 Å². The first-order valence-electron chi connectivity index (χ1n) is 12.0. The number of aromatic nitrogens is 2. The van der Waals surface area contributed by atoms with Crippen LogP contribution in [0, 0.1) is 0 Å². The molecule has 2 aliphatic rings. The van der Waals surface area contributed by atoms with Gasteiger partial charge in [0.2, 0.25) is 0 Å². The van der Waals surface area contributed by atoms with Crippen molar-refractivity contribution in [3.05, 3.63) is 100 Å². The molecule has 2 heterocycles. The van der Waals surface area contributed by atoms with Gasteiger partial charge in [0.1, 0.15) is 18.0 Å². The molecular weight excluding hydrogens is 502 g/mol. The van der Waals surface area contributed by atoms with Crippen molar-refractivity contribution in [3.63, 3.8) is 0 Å². The Kier molecular flexibility index (Phi) is 5.49. The molecule has 1 unspecified atom stereocenters. The third kappa shape index (κ3) is 3.76. The number of ether oxygens (including phenoxy) is 1. The number of hydrogen-bond acceptors (Lipinski definition) is 3. The molecule has 3 aromatic carbocycles. The molecule has 1 atom stereocenters. The molecule has 4 aromatic rings. The van der Waals surface area contributed by atoms with Crippen LogP contribution in [0.1, 0.15) is 42.6 Å². The van der Waals surface area contributed by atoms with Crippen LogP contribution in [0.15, 0.2) is 83.5 Å². The average Bonchev–Trinajstić information content (AvgIpc) is 3.60. The standard InChI is InChI=1S/C29H26BrN3O2/c1-29(27-31-17-26(32-27)19-11-13-20(30)14-12-19)15-6-16-33(29)28(34)35-18-25-23-9-4-2-7-21(23)22-8-3-5-10-24(22)25/h2-5,7-14,17,25H,6,15-16,18H2,1H3,(H,31,32). The number of carbonyl (C=O) groups excluding carboxylic acids is 1. The molecule has 1 aromatic heterocycles. The Bertz CT molecular complexity index is 1350. The third-order valence-corrected chi connectivity index (χ3v) is 7.97. The second-order valence-electron chi connectivity index (χ2n) is 9.49. The van der Waals surface area contributed by atoms with E-state index in [2.05, 4.69) is 81.4 Å². The number of H-pyrrole nitrogens is 1. The highest BCUT2D eigenvalue weighted by Crippen LogP contribution is 2.45. The lowest BCUT2D eigenvalue weighted by atomic mass is 9.98. The molecule has 1 saturated heterocycles. The van der Waals surface area contributed by atoms with Crippen molar-refractivity contribution in [2.24, 2.45) is 0 Å². The molecule has 6 heteroatoms. The van der Waals surface area contributed by atoms with Gasteiger partial charge in [-0.1, -0.05) is 76.6 Å². The molecule has 1 N–H and O–H groups in total. The smallest absolute Gasteiger partial charge is 0.410 e. The van der Waals surface area contributed by atoms with E-state index in [9.17, 15) is 4.79 Å². The molecule has 1 aliphatic heterocycles. The van der Waals surface area contributed by atoms with Crippen LogP contribution < -0.4 is 0 Å². The Hall–Kier alpha value is -3.38. The predicted molar refractivity (Wildman–Crippen MR) is 140 cm³/mol. The van der Waals surface area contributed by atoms with E-state index in [-0.39, 0.29) is 12.0 Å². The van der Waals surface area contributed by atoms with Gasteiger partial charge in [-0.05, 0) is 59.7 Å². The van der Waals surface area contributed by atoms with Crippen molar-refractivity contribution >= 4 is 22.0 Å². The average molecular weight is 528 g/mol. The zero-order chi connectivity index (χ0) is 24.0. The zero-order valence-corrected chi connectivity index (χ0v) is 21.1. The second kappa shape index (κ2) is 8.68. The number of carbonyl (C=O) groups is 1. The van der Waals surface area contributed by atoms with Gasteiger partial charge in [0.05, 0.1) is 11.9 Å². The largest absolute Gasteiger partial charge is 0.448 e. The fraction of sp³-hybridized carbons (Fsp3) is 0.241. The lowest BCUT2D eigenvalue weighted by Gasteiger charge is -2.33. The Morgan fingerprint density at radius 3 is 2.40 bits per heavy atom. The summed E-state index contributed by atoms with van der Waals surface area (Å²) in [5.74, 6) is 0.842. The number of amides is 1. The number of nitrogens with zero attached hydrogens (tertiary/aromatic N) is 2. The van der Waals surface area contributed by atoms with Crippen molar-refractivity contribution in [2.75, 3.05) is 13.2 Å². The maximum absolute atomic E-state index is 13.4. The molecule has 176 valence electrons. The minimum Gasteiger partial charge on any atom is -0.448 e. The van der Waals surface area contributed by atoms with E-state index >= 15 is 0 Å². The number of aromatic amines is 1. The van der Waals surface area contributed by atoms with Crippen LogP contribution in [0.4, 0.5) is 4.79 Å². The predicted octanol–water partition coefficient (Wildman–Crippen LogP) is 7.10. The van der Waals surface area contributed by atoms with E-state index in [0.717, 1.165) is 34.4 Å². The molecule has 0 saturated carbocycles. The highest BCUT2D eigenvalue weighted by atomic mass is 79.9. The van der Waals surface area contributed by atoms with E-state index in [1.54, 1.807) is 0 Å². The quantitative estimate of drug-likeness (QED) is 0.308. The maximum Gasteiger partial charge on any atom is 0.410 e. The Morgan fingerprint density at radius 1 is 1.06 bits per heavy atom. The normalized spacial score (nSPS) is 19.0. The van der Waals surface area contributed by atoms with Crippen LogP contribution in [0.3, 0.4) is 0 Å².